The van der Waals surface area contributed by atoms with Crippen LogP contribution in [0.25, 0.3) is 5.69 Å². The molecule has 0 fully saturated rings. The quantitative estimate of drug-likeness (QED) is 0.715. The molecule has 0 aliphatic heterocycles. The second-order valence-corrected chi connectivity index (χ2v) is 5.55. The van der Waals surface area contributed by atoms with E-state index in [0.717, 1.165) is 29.8 Å². The summed E-state index contributed by atoms with van der Waals surface area (Å²) < 4.78 is 1.78. The van der Waals surface area contributed by atoms with E-state index in [9.17, 15) is 0 Å². The van der Waals surface area contributed by atoms with Crippen molar-refractivity contribution in [3.05, 3.63) is 76.0 Å². The summed E-state index contributed by atoms with van der Waals surface area (Å²) in [7, 11) is 0. The molecular formula is C16H13Cl2N3. The molecule has 0 atom stereocenters. The van der Waals surface area contributed by atoms with E-state index in [-0.39, 0.29) is 0 Å². The van der Waals surface area contributed by atoms with E-state index in [0.29, 0.717) is 10.0 Å². The van der Waals surface area contributed by atoms with Gasteiger partial charge in [-0.1, -0.05) is 52.7 Å². The third-order valence-corrected chi connectivity index (χ3v) is 3.95. The Morgan fingerprint density at radius 2 is 1.71 bits per heavy atom. The Morgan fingerprint density at radius 1 is 0.905 bits per heavy atom. The first-order valence-electron chi connectivity index (χ1n) is 6.63. The maximum atomic E-state index is 6.02. The average molecular weight is 318 g/mol. The molecule has 0 saturated heterocycles. The highest BCUT2D eigenvalue weighted by Crippen LogP contribution is 2.23. The Bertz CT molecular complexity index is 738. The highest BCUT2D eigenvalue weighted by molar-refractivity contribution is 6.42. The van der Waals surface area contributed by atoms with Crippen LogP contribution in [-0.4, -0.2) is 15.0 Å². The second-order valence-electron chi connectivity index (χ2n) is 4.74. The van der Waals surface area contributed by atoms with Crippen LogP contribution in [0.15, 0.2) is 54.7 Å². The minimum Gasteiger partial charge on any atom is -0.220 e. The molecule has 0 saturated carbocycles. The molecule has 0 N–H and O–H groups in total. The van der Waals surface area contributed by atoms with Gasteiger partial charge in [-0.05, 0) is 42.7 Å². The van der Waals surface area contributed by atoms with Gasteiger partial charge in [0, 0.05) is 0 Å². The first kappa shape index (κ1) is 14.1. The Labute approximate surface area is 133 Å². The second kappa shape index (κ2) is 6.29. The molecule has 1 aromatic heterocycles. The van der Waals surface area contributed by atoms with Crippen LogP contribution in [0.5, 0.6) is 0 Å². The molecule has 0 unspecified atom stereocenters. The molecule has 0 aliphatic rings. The van der Waals surface area contributed by atoms with Crippen LogP contribution in [0.3, 0.4) is 0 Å². The fourth-order valence-electron chi connectivity index (χ4n) is 2.09. The van der Waals surface area contributed by atoms with Crippen LogP contribution < -0.4 is 0 Å². The number of hydrogen-bond acceptors (Lipinski definition) is 2. The van der Waals surface area contributed by atoms with Gasteiger partial charge in [0.2, 0.25) is 0 Å². The van der Waals surface area contributed by atoms with Gasteiger partial charge < -0.3 is 0 Å². The lowest BCUT2D eigenvalue weighted by molar-refractivity contribution is 0.794. The van der Waals surface area contributed by atoms with Crippen molar-refractivity contribution in [2.45, 2.75) is 12.8 Å². The zero-order valence-corrected chi connectivity index (χ0v) is 12.7. The number of aromatic nitrogens is 3. The van der Waals surface area contributed by atoms with E-state index in [1.54, 1.807) is 4.68 Å². The van der Waals surface area contributed by atoms with Gasteiger partial charge in [0.05, 0.1) is 27.6 Å². The molecule has 2 aromatic carbocycles. The number of nitrogens with zero attached hydrogens (tertiary/aromatic N) is 3. The molecular weight excluding hydrogens is 305 g/mol. The number of rotatable bonds is 4. The lowest BCUT2D eigenvalue weighted by Gasteiger charge is -2.01. The van der Waals surface area contributed by atoms with Crippen LogP contribution in [0.2, 0.25) is 10.0 Å². The van der Waals surface area contributed by atoms with Crippen molar-refractivity contribution in [1.82, 2.24) is 15.0 Å². The van der Waals surface area contributed by atoms with Crippen LogP contribution >= 0.6 is 23.2 Å². The zero-order chi connectivity index (χ0) is 14.7. The highest BCUT2D eigenvalue weighted by atomic mass is 35.5. The summed E-state index contributed by atoms with van der Waals surface area (Å²) in [4.78, 5) is 0. The molecule has 0 radical (unpaired) electrons. The number of benzene rings is 2. The topological polar surface area (TPSA) is 30.7 Å². The summed E-state index contributed by atoms with van der Waals surface area (Å²) >= 11 is 11.9. The summed E-state index contributed by atoms with van der Waals surface area (Å²) in [5.41, 5.74) is 3.09. The van der Waals surface area contributed by atoms with Gasteiger partial charge in [-0.25, -0.2) is 4.68 Å². The lowest BCUT2D eigenvalue weighted by atomic mass is 10.1. The van der Waals surface area contributed by atoms with E-state index < -0.39 is 0 Å². The number of aryl methyl sites for hydroxylation is 2. The zero-order valence-electron chi connectivity index (χ0n) is 11.2. The summed E-state index contributed by atoms with van der Waals surface area (Å²) in [6.07, 6.45) is 3.61. The maximum absolute atomic E-state index is 6.02. The Kier molecular flexibility index (Phi) is 4.23. The van der Waals surface area contributed by atoms with Crippen molar-refractivity contribution in [1.29, 1.82) is 0 Å². The molecule has 0 aliphatic carbocycles. The molecule has 5 heteroatoms. The standard InChI is InChI=1S/C16H13Cl2N3/c17-15-9-7-12(10-16(15)18)6-8-13-11-21(20-19-13)14-4-2-1-3-5-14/h1-5,7,9-11H,6,8H2. The van der Waals surface area contributed by atoms with E-state index in [2.05, 4.69) is 10.3 Å². The molecule has 3 rings (SSSR count). The fraction of sp³-hybridized carbons (Fsp3) is 0.125. The number of halogens is 2. The predicted molar refractivity (Wildman–Crippen MR) is 85.2 cm³/mol. The first-order chi connectivity index (χ1) is 10.2. The van der Waals surface area contributed by atoms with Gasteiger partial charge in [-0.3, -0.25) is 0 Å². The van der Waals surface area contributed by atoms with Crippen molar-refractivity contribution in [2.24, 2.45) is 0 Å². The molecule has 0 bridgehead atoms. The number of hydrogen-bond donors (Lipinski definition) is 0. The third kappa shape index (κ3) is 3.43. The molecule has 0 spiro atoms. The fourth-order valence-corrected chi connectivity index (χ4v) is 2.41. The normalized spacial score (nSPS) is 10.8. The molecule has 21 heavy (non-hydrogen) atoms. The van der Waals surface area contributed by atoms with Crippen molar-refractivity contribution in [3.63, 3.8) is 0 Å². The van der Waals surface area contributed by atoms with Crippen LogP contribution in [0.1, 0.15) is 11.3 Å². The molecule has 1 heterocycles. The van der Waals surface area contributed by atoms with Crippen molar-refractivity contribution >= 4 is 23.2 Å². The molecule has 3 aromatic rings. The van der Waals surface area contributed by atoms with Crippen LogP contribution in [0.4, 0.5) is 0 Å². The van der Waals surface area contributed by atoms with Gasteiger partial charge in [0.1, 0.15) is 0 Å². The molecule has 106 valence electrons. The molecule has 3 nitrogen and oxygen atoms in total. The SMILES string of the molecule is Clc1ccc(CCc2cn(-c3ccccc3)nn2)cc1Cl. The van der Waals surface area contributed by atoms with Gasteiger partial charge in [0.25, 0.3) is 0 Å². The van der Waals surface area contributed by atoms with E-state index in [4.69, 9.17) is 23.2 Å². The Morgan fingerprint density at radius 3 is 2.48 bits per heavy atom. The average Bonchev–Trinajstić information content (AvgIpc) is 2.98. The van der Waals surface area contributed by atoms with Gasteiger partial charge in [-0.15, -0.1) is 5.10 Å². The van der Waals surface area contributed by atoms with Crippen molar-refractivity contribution in [2.75, 3.05) is 0 Å². The third-order valence-electron chi connectivity index (χ3n) is 3.22. The number of para-hydroxylation sites is 1. The van der Waals surface area contributed by atoms with E-state index in [1.165, 1.54) is 0 Å². The first-order valence-corrected chi connectivity index (χ1v) is 7.38. The largest absolute Gasteiger partial charge is 0.220 e. The summed E-state index contributed by atoms with van der Waals surface area (Å²) in [5, 5.41) is 9.52. The summed E-state index contributed by atoms with van der Waals surface area (Å²) in [5.74, 6) is 0. The lowest BCUT2D eigenvalue weighted by Crippen LogP contribution is -1.93. The van der Waals surface area contributed by atoms with Crippen molar-refractivity contribution in [3.8, 4) is 5.69 Å². The van der Waals surface area contributed by atoms with Crippen molar-refractivity contribution < 1.29 is 0 Å². The van der Waals surface area contributed by atoms with E-state index >= 15 is 0 Å². The van der Waals surface area contributed by atoms with Gasteiger partial charge in [0.15, 0.2) is 0 Å². The van der Waals surface area contributed by atoms with Gasteiger partial charge in [-0.2, -0.15) is 0 Å². The van der Waals surface area contributed by atoms with E-state index in [1.807, 2.05) is 54.7 Å². The minimum atomic E-state index is 0.579. The Balaban J connectivity index is 1.69. The molecule has 0 amide bonds. The summed E-state index contributed by atoms with van der Waals surface area (Å²) in [6, 6.07) is 15.6. The summed E-state index contributed by atoms with van der Waals surface area (Å²) in [6.45, 7) is 0. The monoisotopic (exact) mass is 317 g/mol. The van der Waals surface area contributed by atoms with Crippen LogP contribution in [-0.2, 0) is 12.8 Å². The van der Waals surface area contributed by atoms with Gasteiger partial charge >= 0.3 is 0 Å². The predicted octanol–water partition coefficient (Wildman–Crippen LogP) is 4.36. The Hall–Kier alpha value is -1.84. The highest BCUT2D eigenvalue weighted by Gasteiger charge is 2.04. The minimum absolute atomic E-state index is 0.579. The maximum Gasteiger partial charge on any atom is 0.0835 e. The van der Waals surface area contributed by atoms with Crippen LogP contribution in [0, 0.1) is 0 Å². The smallest absolute Gasteiger partial charge is 0.0835 e.